The Morgan fingerprint density at radius 1 is 1.09 bits per heavy atom. The lowest BCUT2D eigenvalue weighted by atomic mass is 10.2. The smallest absolute Gasteiger partial charge is 0.274 e. The lowest BCUT2D eigenvalue weighted by Gasteiger charge is -2.08. The third-order valence-corrected chi connectivity index (χ3v) is 3.44. The summed E-state index contributed by atoms with van der Waals surface area (Å²) < 4.78 is 41.5. The second-order valence-corrected chi connectivity index (χ2v) is 5.16. The van der Waals surface area contributed by atoms with Crippen LogP contribution >= 0.6 is 0 Å². The second-order valence-electron chi connectivity index (χ2n) is 5.16. The molecule has 0 saturated carbocycles. The van der Waals surface area contributed by atoms with Crippen LogP contribution in [0.1, 0.15) is 21.7 Å². The van der Waals surface area contributed by atoms with Gasteiger partial charge in [0, 0.05) is 6.20 Å². The summed E-state index contributed by atoms with van der Waals surface area (Å²) in [6, 6.07) is 5.31. The van der Waals surface area contributed by atoms with Gasteiger partial charge in [-0.15, -0.1) is 0 Å². The summed E-state index contributed by atoms with van der Waals surface area (Å²) in [6.45, 7) is 3.49. The van der Waals surface area contributed by atoms with E-state index in [1.165, 1.54) is 0 Å². The number of hydrogen-bond acceptors (Lipinski definition) is 2. The summed E-state index contributed by atoms with van der Waals surface area (Å²) in [6.07, 6.45) is 1.71. The fraction of sp³-hybridized carbons (Fsp3) is 0.125. The summed E-state index contributed by atoms with van der Waals surface area (Å²) in [5, 5.41) is 2.25. The summed E-state index contributed by atoms with van der Waals surface area (Å²) in [5.41, 5.74) is 1.67. The first-order valence-electron chi connectivity index (χ1n) is 6.78. The molecule has 3 rings (SSSR count). The quantitative estimate of drug-likeness (QED) is 0.733. The van der Waals surface area contributed by atoms with Gasteiger partial charge in [0.25, 0.3) is 5.91 Å². The molecular formula is C16H12F3N3O. The van der Waals surface area contributed by atoms with Crippen molar-refractivity contribution in [2.75, 3.05) is 5.32 Å². The fourth-order valence-corrected chi connectivity index (χ4v) is 2.35. The highest BCUT2D eigenvalue weighted by molar-refractivity contribution is 6.04. The number of fused-ring (bicyclic) bond motifs is 1. The molecule has 0 aliphatic carbocycles. The molecule has 2 aromatic heterocycles. The van der Waals surface area contributed by atoms with Gasteiger partial charge in [0.05, 0.1) is 11.4 Å². The molecule has 0 saturated heterocycles. The number of nitrogens with one attached hydrogen (secondary N) is 1. The van der Waals surface area contributed by atoms with E-state index in [0.717, 1.165) is 17.7 Å². The molecule has 0 fully saturated rings. The van der Waals surface area contributed by atoms with E-state index >= 15 is 0 Å². The van der Waals surface area contributed by atoms with Gasteiger partial charge in [-0.25, -0.2) is 18.2 Å². The van der Waals surface area contributed by atoms with Crippen LogP contribution in [-0.2, 0) is 0 Å². The highest BCUT2D eigenvalue weighted by atomic mass is 19.2. The number of imidazole rings is 1. The molecule has 7 heteroatoms. The van der Waals surface area contributed by atoms with Crippen LogP contribution in [0.5, 0.6) is 0 Å². The van der Waals surface area contributed by atoms with Gasteiger partial charge in [-0.05, 0) is 37.6 Å². The molecule has 3 aromatic rings. The minimum Gasteiger partial charge on any atom is -0.318 e. The molecule has 1 amide bonds. The van der Waals surface area contributed by atoms with Crippen LogP contribution in [0.25, 0.3) is 5.65 Å². The molecule has 4 nitrogen and oxygen atoms in total. The summed E-state index contributed by atoms with van der Waals surface area (Å²) in [4.78, 5) is 16.7. The molecule has 118 valence electrons. The molecule has 1 N–H and O–H groups in total. The predicted molar refractivity (Wildman–Crippen MR) is 78.9 cm³/mol. The van der Waals surface area contributed by atoms with Gasteiger partial charge < -0.3 is 5.32 Å². The van der Waals surface area contributed by atoms with Crippen LogP contribution in [0.4, 0.5) is 18.9 Å². The molecule has 0 aliphatic heterocycles. The van der Waals surface area contributed by atoms with Gasteiger partial charge in [0.2, 0.25) is 0 Å². The zero-order valence-corrected chi connectivity index (χ0v) is 12.3. The van der Waals surface area contributed by atoms with Crippen LogP contribution in [-0.4, -0.2) is 15.3 Å². The van der Waals surface area contributed by atoms with Crippen molar-refractivity contribution in [3.05, 3.63) is 64.9 Å². The van der Waals surface area contributed by atoms with Crippen molar-refractivity contribution in [1.82, 2.24) is 9.38 Å². The highest BCUT2D eigenvalue weighted by Crippen LogP contribution is 2.21. The third-order valence-electron chi connectivity index (χ3n) is 3.44. The maximum Gasteiger partial charge on any atom is 0.274 e. The van der Waals surface area contributed by atoms with Gasteiger partial charge in [-0.1, -0.05) is 6.07 Å². The molecular weight excluding hydrogens is 307 g/mol. The normalized spacial score (nSPS) is 11.0. The maximum atomic E-state index is 13.7. The van der Waals surface area contributed by atoms with E-state index in [2.05, 4.69) is 10.3 Å². The minimum absolute atomic E-state index is 0.202. The Labute approximate surface area is 129 Å². The van der Waals surface area contributed by atoms with Gasteiger partial charge in [0.15, 0.2) is 17.5 Å². The number of halogens is 3. The van der Waals surface area contributed by atoms with E-state index in [1.807, 2.05) is 13.0 Å². The Balaban J connectivity index is 2.03. The molecule has 0 spiro atoms. The minimum atomic E-state index is -1.63. The molecule has 0 unspecified atom stereocenters. The molecule has 0 radical (unpaired) electrons. The van der Waals surface area contributed by atoms with Crippen LogP contribution in [0, 0.1) is 31.3 Å². The third kappa shape index (κ3) is 2.54. The van der Waals surface area contributed by atoms with E-state index in [1.54, 1.807) is 23.6 Å². The number of carbonyl (C=O) groups excluding carboxylic acids is 1. The molecule has 0 aliphatic rings. The van der Waals surface area contributed by atoms with E-state index in [4.69, 9.17) is 0 Å². The largest absolute Gasteiger partial charge is 0.318 e. The van der Waals surface area contributed by atoms with Crippen molar-refractivity contribution >= 4 is 17.2 Å². The van der Waals surface area contributed by atoms with Crippen molar-refractivity contribution in [1.29, 1.82) is 0 Å². The van der Waals surface area contributed by atoms with Crippen molar-refractivity contribution in [2.45, 2.75) is 13.8 Å². The first kappa shape index (κ1) is 15.1. The van der Waals surface area contributed by atoms with E-state index in [-0.39, 0.29) is 5.69 Å². The number of anilines is 1. The first-order chi connectivity index (χ1) is 10.9. The number of nitrogens with zero attached hydrogens (tertiary/aromatic N) is 2. The monoisotopic (exact) mass is 319 g/mol. The molecule has 2 heterocycles. The van der Waals surface area contributed by atoms with E-state index in [9.17, 15) is 18.0 Å². The molecule has 0 atom stereocenters. The average Bonchev–Trinajstić information content (AvgIpc) is 2.83. The molecule has 0 bridgehead atoms. The van der Waals surface area contributed by atoms with Crippen LogP contribution < -0.4 is 5.32 Å². The second kappa shape index (κ2) is 5.42. The number of pyridine rings is 1. The predicted octanol–water partition coefficient (Wildman–Crippen LogP) is 3.62. The lowest BCUT2D eigenvalue weighted by Crippen LogP contribution is -2.17. The number of hydrogen-bond donors (Lipinski definition) is 1. The van der Waals surface area contributed by atoms with Gasteiger partial charge >= 0.3 is 0 Å². The topological polar surface area (TPSA) is 46.4 Å². The zero-order chi connectivity index (χ0) is 16.7. The fourth-order valence-electron chi connectivity index (χ4n) is 2.35. The SMILES string of the molecule is Cc1ccc2nc(C)c(C(=O)Nc3ccc(F)c(F)c3F)n2c1. The Hall–Kier alpha value is -2.83. The van der Waals surface area contributed by atoms with E-state index < -0.39 is 29.0 Å². The standard InChI is InChI=1S/C16H12F3N3O/c1-8-3-6-12-20-9(2)15(22(12)7-8)16(23)21-11-5-4-10(17)13(18)14(11)19/h3-7H,1-2H3,(H,21,23). The average molecular weight is 319 g/mol. The Bertz CT molecular complexity index is 934. The van der Waals surface area contributed by atoms with Crippen molar-refractivity contribution in [3.63, 3.8) is 0 Å². The number of aromatic nitrogens is 2. The van der Waals surface area contributed by atoms with Gasteiger partial charge in [0.1, 0.15) is 11.3 Å². The van der Waals surface area contributed by atoms with Crippen molar-refractivity contribution < 1.29 is 18.0 Å². The van der Waals surface area contributed by atoms with Crippen LogP contribution in [0.2, 0.25) is 0 Å². The Morgan fingerprint density at radius 2 is 1.83 bits per heavy atom. The first-order valence-corrected chi connectivity index (χ1v) is 6.78. The highest BCUT2D eigenvalue weighted by Gasteiger charge is 2.20. The number of benzene rings is 1. The van der Waals surface area contributed by atoms with E-state index in [0.29, 0.717) is 11.3 Å². The van der Waals surface area contributed by atoms with Crippen LogP contribution in [0.3, 0.4) is 0 Å². The van der Waals surface area contributed by atoms with Gasteiger partial charge in [-0.2, -0.15) is 0 Å². The number of amides is 1. The zero-order valence-electron chi connectivity index (χ0n) is 12.3. The summed E-state index contributed by atoms with van der Waals surface area (Å²) in [7, 11) is 0. The number of rotatable bonds is 2. The van der Waals surface area contributed by atoms with Crippen molar-refractivity contribution in [2.24, 2.45) is 0 Å². The number of carbonyl (C=O) groups is 1. The van der Waals surface area contributed by atoms with Gasteiger partial charge in [-0.3, -0.25) is 9.20 Å². The molecule has 23 heavy (non-hydrogen) atoms. The van der Waals surface area contributed by atoms with Crippen molar-refractivity contribution in [3.8, 4) is 0 Å². The summed E-state index contributed by atoms with van der Waals surface area (Å²) >= 11 is 0. The summed E-state index contributed by atoms with van der Waals surface area (Å²) in [5.74, 6) is -5.05. The van der Waals surface area contributed by atoms with Crippen LogP contribution in [0.15, 0.2) is 30.5 Å². The molecule has 1 aromatic carbocycles. The Kier molecular flexibility index (Phi) is 3.55. The lowest BCUT2D eigenvalue weighted by molar-refractivity contribution is 0.102. The Morgan fingerprint density at radius 3 is 2.57 bits per heavy atom. The maximum absolute atomic E-state index is 13.7. The number of aryl methyl sites for hydroxylation is 2.